The third kappa shape index (κ3) is 3.08. The van der Waals surface area contributed by atoms with Crippen LogP contribution in [0.15, 0.2) is 35.5 Å². The van der Waals surface area contributed by atoms with E-state index in [1.54, 1.807) is 23.2 Å². The number of nitrogens with zero attached hydrogens (tertiary/aromatic N) is 3. The van der Waals surface area contributed by atoms with Gasteiger partial charge in [0.05, 0.1) is 24.5 Å². The predicted octanol–water partition coefficient (Wildman–Crippen LogP) is 2.14. The molecule has 0 radical (unpaired) electrons. The Balaban J connectivity index is 1.80. The maximum Gasteiger partial charge on any atom is 0.414 e. The van der Waals surface area contributed by atoms with Crippen molar-refractivity contribution in [1.82, 2.24) is 0 Å². The van der Waals surface area contributed by atoms with E-state index < -0.39 is 11.9 Å². The van der Waals surface area contributed by atoms with Gasteiger partial charge in [-0.05, 0) is 31.0 Å². The van der Waals surface area contributed by atoms with Crippen LogP contribution >= 0.6 is 0 Å². The Morgan fingerprint density at radius 2 is 2.22 bits per heavy atom. The topological polar surface area (TPSA) is 62.2 Å². The minimum absolute atomic E-state index is 0.0277. The van der Waals surface area contributed by atoms with Crippen LogP contribution in [0, 0.1) is 5.82 Å². The van der Waals surface area contributed by atoms with E-state index in [1.165, 1.54) is 17.0 Å². The molecular weight excluding hydrogens is 301 g/mol. The maximum atomic E-state index is 14.4. The van der Waals surface area contributed by atoms with Gasteiger partial charge in [-0.1, -0.05) is 0 Å². The Morgan fingerprint density at radius 3 is 2.87 bits per heavy atom. The molecule has 2 aliphatic heterocycles. The first-order valence-corrected chi connectivity index (χ1v) is 7.26. The number of aliphatic imine (C=N–C) groups is 1. The molecular formula is C16H16FN3O3. The Bertz CT molecular complexity index is 689. The van der Waals surface area contributed by atoms with Crippen molar-refractivity contribution in [2.75, 3.05) is 29.4 Å². The van der Waals surface area contributed by atoms with E-state index in [0.29, 0.717) is 37.4 Å². The van der Waals surface area contributed by atoms with Gasteiger partial charge in [0, 0.05) is 19.2 Å². The van der Waals surface area contributed by atoms with Crippen LogP contribution in [-0.2, 0) is 9.53 Å². The molecule has 1 atom stereocenters. The molecule has 1 aromatic rings. The molecule has 1 amide bonds. The van der Waals surface area contributed by atoms with Crippen LogP contribution in [0.4, 0.5) is 20.6 Å². The molecule has 1 fully saturated rings. The third-order valence-electron chi connectivity index (χ3n) is 3.80. The van der Waals surface area contributed by atoms with E-state index in [-0.39, 0.29) is 11.9 Å². The Morgan fingerprint density at radius 1 is 1.39 bits per heavy atom. The summed E-state index contributed by atoms with van der Waals surface area (Å²) in [7, 11) is 0. The minimum Gasteiger partial charge on any atom is -0.442 e. The van der Waals surface area contributed by atoms with Gasteiger partial charge in [0.25, 0.3) is 0 Å². The second-order valence-corrected chi connectivity index (χ2v) is 5.38. The number of halogens is 1. The molecule has 2 heterocycles. The summed E-state index contributed by atoms with van der Waals surface area (Å²) in [4.78, 5) is 29.8. The molecule has 0 aromatic heterocycles. The molecule has 0 bridgehead atoms. The molecule has 0 unspecified atom stereocenters. The van der Waals surface area contributed by atoms with Crippen LogP contribution in [-0.4, -0.2) is 44.3 Å². The normalized spacial score (nSPS) is 20.8. The number of amides is 1. The van der Waals surface area contributed by atoms with Crippen molar-refractivity contribution in [3.05, 3.63) is 36.3 Å². The lowest BCUT2D eigenvalue weighted by Crippen LogP contribution is -2.27. The number of hydrogen-bond donors (Lipinski definition) is 0. The molecule has 3 rings (SSSR count). The van der Waals surface area contributed by atoms with Crippen LogP contribution in [0.1, 0.15) is 6.42 Å². The highest BCUT2D eigenvalue weighted by molar-refractivity contribution is 5.92. The highest BCUT2D eigenvalue weighted by Crippen LogP contribution is 2.29. The van der Waals surface area contributed by atoms with Gasteiger partial charge in [-0.25, -0.2) is 9.18 Å². The number of cyclic esters (lactones) is 1. The van der Waals surface area contributed by atoms with Crippen molar-refractivity contribution < 1.29 is 18.7 Å². The lowest BCUT2D eigenvalue weighted by atomic mass is 10.1. The van der Waals surface area contributed by atoms with E-state index >= 15 is 0 Å². The van der Waals surface area contributed by atoms with Gasteiger partial charge in [0.2, 0.25) is 0 Å². The standard InChI is InChI=1S/C16H16FN3O3/c1-18-9-13-10-20(16(22)23-13)11-2-3-15(14(17)8-11)19-6-4-12(21)5-7-19/h2-4,6,8,13H,1,5,7,9-10H2/t13-/m0/s1. The molecule has 0 aliphatic carbocycles. The van der Waals surface area contributed by atoms with Crippen LogP contribution in [0.2, 0.25) is 0 Å². The monoisotopic (exact) mass is 317 g/mol. The lowest BCUT2D eigenvalue weighted by Gasteiger charge is -2.24. The van der Waals surface area contributed by atoms with E-state index in [1.807, 2.05) is 0 Å². The molecule has 120 valence electrons. The number of allylic oxidation sites excluding steroid dienone is 1. The van der Waals surface area contributed by atoms with Gasteiger partial charge in [-0.2, -0.15) is 0 Å². The van der Waals surface area contributed by atoms with Crippen LogP contribution < -0.4 is 9.80 Å². The third-order valence-corrected chi connectivity index (χ3v) is 3.80. The zero-order chi connectivity index (χ0) is 16.4. The number of carbonyl (C=O) groups excluding carboxylic acids is 2. The van der Waals surface area contributed by atoms with E-state index in [4.69, 9.17) is 4.74 Å². The molecule has 1 saturated heterocycles. The van der Waals surface area contributed by atoms with Crippen molar-refractivity contribution in [3.8, 4) is 0 Å². The molecule has 0 saturated carbocycles. The Kier molecular flexibility index (Phi) is 4.10. The number of rotatable bonds is 4. The molecule has 6 nitrogen and oxygen atoms in total. The summed E-state index contributed by atoms with van der Waals surface area (Å²) in [5, 5.41) is 0. The summed E-state index contributed by atoms with van der Waals surface area (Å²) >= 11 is 0. The first-order chi connectivity index (χ1) is 11.1. The number of ketones is 1. The average Bonchev–Trinajstić information content (AvgIpc) is 2.89. The van der Waals surface area contributed by atoms with Gasteiger partial charge in [0.1, 0.15) is 11.9 Å². The summed E-state index contributed by atoms with van der Waals surface area (Å²) in [6.45, 7) is 4.44. The number of ether oxygens (including phenoxy) is 1. The lowest BCUT2D eigenvalue weighted by molar-refractivity contribution is -0.114. The molecule has 0 spiro atoms. The smallest absolute Gasteiger partial charge is 0.414 e. The van der Waals surface area contributed by atoms with Gasteiger partial charge in [0.15, 0.2) is 5.78 Å². The fourth-order valence-electron chi connectivity index (χ4n) is 2.63. The molecule has 2 aliphatic rings. The van der Waals surface area contributed by atoms with Gasteiger partial charge < -0.3 is 9.64 Å². The summed E-state index contributed by atoms with van der Waals surface area (Å²) < 4.78 is 19.5. The molecule has 1 aromatic carbocycles. The predicted molar refractivity (Wildman–Crippen MR) is 84.5 cm³/mol. The van der Waals surface area contributed by atoms with Crippen LogP contribution in [0.25, 0.3) is 0 Å². The Hall–Kier alpha value is -2.70. The van der Waals surface area contributed by atoms with Crippen molar-refractivity contribution in [2.45, 2.75) is 12.5 Å². The second kappa shape index (κ2) is 6.20. The van der Waals surface area contributed by atoms with E-state index in [2.05, 4.69) is 11.7 Å². The number of hydrogen-bond acceptors (Lipinski definition) is 5. The largest absolute Gasteiger partial charge is 0.442 e. The fraction of sp³-hybridized carbons (Fsp3) is 0.312. The van der Waals surface area contributed by atoms with Crippen LogP contribution in [0.5, 0.6) is 0 Å². The van der Waals surface area contributed by atoms with Gasteiger partial charge in [-0.3, -0.25) is 14.7 Å². The van der Waals surface area contributed by atoms with Gasteiger partial charge >= 0.3 is 6.09 Å². The SMILES string of the molecule is C=NC[C@H]1CN(c2ccc(N3C=CC(=O)CC3)c(F)c2)C(=O)O1. The van der Waals surface area contributed by atoms with Crippen LogP contribution in [0.3, 0.4) is 0 Å². The van der Waals surface area contributed by atoms with Crippen molar-refractivity contribution >= 4 is 30.0 Å². The zero-order valence-corrected chi connectivity index (χ0v) is 12.4. The molecule has 7 heteroatoms. The zero-order valence-electron chi connectivity index (χ0n) is 12.4. The fourth-order valence-corrected chi connectivity index (χ4v) is 2.63. The number of anilines is 2. The Labute approximate surface area is 132 Å². The maximum absolute atomic E-state index is 14.4. The van der Waals surface area contributed by atoms with Crippen molar-refractivity contribution in [2.24, 2.45) is 4.99 Å². The number of benzene rings is 1. The van der Waals surface area contributed by atoms with E-state index in [9.17, 15) is 14.0 Å². The quantitative estimate of drug-likeness (QED) is 0.798. The average molecular weight is 317 g/mol. The van der Waals surface area contributed by atoms with E-state index in [0.717, 1.165) is 0 Å². The second-order valence-electron chi connectivity index (χ2n) is 5.38. The number of carbonyl (C=O) groups is 2. The summed E-state index contributed by atoms with van der Waals surface area (Å²) in [5.41, 5.74) is 0.800. The first-order valence-electron chi connectivity index (χ1n) is 7.26. The minimum atomic E-state index is -0.519. The summed E-state index contributed by atoms with van der Waals surface area (Å²) in [5.74, 6) is -0.431. The van der Waals surface area contributed by atoms with Crippen molar-refractivity contribution in [3.63, 3.8) is 0 Å². The highest BCUT2D eigenvalue weighted by Gasteiger charge is 2.32. The molecule has 0 N–H and O–H groups in total. The highest BCUT2D eigenvalue weighted by atomic mass is 19.1. The summed E-state index contributed by atoms with van der Waals surface area (Å²) in [6, 6.07) is 4.55. The molecule has 23 heavy (non-hydrogen) atoms. The summed E-state index contributed by atoms with van der Waals surface area (Å²) in [6.07, 6.45) is 2.47. The van der Waals surface area contributed by atoms with Gasteiger partial charge in [-0.15, -0.1) is 0 Å². The first kappa shape index (κ1) is 15.2. The van der Waals surface area contributed by atoms with Crippen molar-refractivity contribution in [1.29, 1.82) is 0 Å².